The Hall–Kier alpha value is -3.12. The molecule has 0 N–H and O–H groups in total. The molecule has 28 heavy (non-hydrogen) atoms. The monoisotopic (exact) mass is 393 g/mol. The zero-order valence-corrected chi connectivity index (χ0v) is 16.3. The van der Waals surface area contributed by atoms with Crippen molar-refractivity contribution in [2.45, 2.75) is 18.9 Å². The van der Waals surface area contributed by atoms with Gasteiger partial charge in [-0.25, -0.2) is 4.98 Å². The number of benzene rings is 2. The van der Waals surface area contributed by atoms with Gasteiger partial charge in [0.05, 0.1) is 17.8 Å². The van der Waals surface area contributed by atoms with Crippen molar-refractivity contribution in [3.63, 3.8) is 0 Å². The minimum atomic E-state index is -0.523. The van der Waals surface area contributed by atoms with E-state index >= 15 is 0 Å². The minimum absolute atomic E-state index is 0.458. The molecule has 0 spiro atoms. The van der Waals surface area contributed by atoms with Crippen LogP contribution in [0.1, 0.15) is 33.9 Å². The summed E-state index contributed by atoms with van der Waals surface area (Å²) in [6, 6.07) is 15.1. The van der Waals surface area contributed by atoms with Crippen LogP contribution in [0.5, 0.6) is 11.5 Å². The van der Waals surface area contributed by atoms with Crippen LogP contribution in [-0.4, -0.2) is 18.4 Å². The molecule has 6 heteroatoms. The molecule has 3 aromatic rings. The summed E-state index contributed by atoms with van der Waals surface area (Å²) in [5, 5.41) is 2.92. The van der Waals surface area contributed by atoms with Crippen LogP contribution in [0, 0.1) is 6.92 Å². The zero-order chi connectivity index (χ0) is 19.5. The Bertz CT molecular complexity index is 1010. The molecule has 5 nitrogen and oxygen atoms in total. The third kappa shape index (κ3) is 3.51. The lowest BCUT2D eigenvalue weighted by atomic mass is 9.96. The first-order valence-corrected chi connectivity index (χ1v) is 9.71. The van der Waals surface area contributed by atoms with Gasteiger partial charge in [0.15, 0.2) is 6.10 Å². The number of para-hydroxylation sites is 1. The van der Waals surface area contributed by atoms with E-state index < -0.39 is 12.0 Å². The Morgan fingerprint density at radius 2 is 1.96 bits per heavy atom. The topological polar surface area (TPSA) is 57.7 Å². The second kappa shape index (κ2) is 7.86. The minimum Gasteiger partial charge on any atom is -0.497 e. The van der Waals surface area contributed by atoms with Gasteiger partial charge in [-0.3, -0.25) is 0 Å². The van der Waals surface area contributed by atoms with E-state index in [1.165, 1.54) is 6.26 Å². The lowest BCUT2D eigenvalue weighted by Gasteiger charge is -2.27. The number of methoxy groups -OCH3 is 1. The molecule has 2 unspecified atom stereocenters. The summed E-state index contributed by atoms with van der Waals surface area (Å²) in [7, 11) is 1.63. The zero-order valence-electron chi connectivity index (χ0n) is 15.5. The average Bonchev–Trinajstić information content (AvgIpc) is 3.17. The number of aryl methyl sites for hydroxylation is 1. The lowest BCUT2D eigenvalue weighted by molar-refractivity contribution is -0.109. The van der Waals surface area contributed by atoms with Gasteiger partial charge in [-0.2, -0.15) is 0 Å². The highest BCUT2D eigenvalue weighted by molar-refractivity contribution is 7.09. The molecule has 0 aliphatic carbocycles. The maximum absolute atomic E-state index is 11.9. The van der Waals surface area contributed by atoms with E-state index in [0.29, 0.717) is 11.5 Å². The van der Waals surface area contributed by atoms with Crippen molar-refractivity contribution in [3.05, 3.63) is 87.8 Å². The van der Waals surface area contributed by atoms with Crippen LogP contribution in [0.4, 0.5) is 0 Å². The van der Waals surface area contributed by atoms with E-state index in [1.54, 1.807) is 18.4 Å². The van der Waals surface area contributed by atoms with Crippen LogP contribution >= 0.6 is 11.3 Å². The lowest BCUT2D eigenvalue weighted by Crippen LogP contribution is -2.17. The fourth-order valence-corrected chi connectivity index (χ4v) is 3.77. The molecule has 1 aliphatic rings. The summed E-state index contributed by atoms with van der Waals surface area (Å²) in [6.45, 7) is 1.95. The Labute approximate surface area is 167 Å². The summed E-state index contributed by atoms with van der Waals surface area (Å²) >= 11 is 1.56. The summed E-state index contributed by atoms with van der Waals surface area (Å²) in [5.41, 5.74) is 2.49. The molecular weight excluding hydrogens is 374 g/mol. The molecule has 0 radical (unpaired) electrons. The van der Waals surface area contributed by atoms with Crippen molar-refractivity contribution in [1.82, 2.24) is 4.98 Å². The quantitative estimate of drug-likeness (QED) is 0.564. The van der Waals surface area contributed by atoms with Crippen molar-refractivity contribution in [2.75, 3.05) is 7.11 Å². The van der Waals surface area contributed by atoms with Crippen LogP contribution in [-0.2, 0) is 9.53 Å². The predicted molar refractivity (Wildman–Crippen MR) is 107 cm³/mol. The second-order valence-corrected chi connectivity index (χ2v) is 7.41. The number of carbonyl (C=O) groups is 1. The van der Waals surface area contributed by atoms with Gasteiger partial charge in [0.25, 0.3) is 0 Å². The first kappa shape index (κ1) is 18.3. The number of hydrogen-bond acceptors (Lipinski definition) is 6. The second-order valence-electron chi connectivity index (χ2n) is 6.35. The number of rotatable bonds is 6. The van der Waals surface area contributed by atoms with Gasteiger partial charge in [0, 0.05) is 10.9 Å². The van der Waals surface area contributed by atoms with E-state index in [-0.39, 0.29) is 0 Å². The van der Waals surface area contributed by atoms with E-state index in [9.17, 15) is 4.79 Å². The average molecular weight is 393 g/mol. The smallest absolute Gasteiger partial charge is 0.166 e. The summed E-state index contributed by atoms with van der Waals surface area (Å²) in [4.78, 5) is 16.5. The van der Waals surface area contributed by atoms with Crippen LogP contribution in [0.3, 0.4) is 0 Å². The highest BCUT2D eigenvalue weighted by Gasteiger charge is 2.30. The normalized spacial score (nSPS) is 16.4. The number of aldehydes is 1. The first-order valence-electron chi connectivity index (χ1n) is 8.83. The summed E-state index contributed by atoms with van der Waals surface area (Å²) in [5.74, 6) is 1.36. The predicted octanol–water partition coefficient (Wildman–Crippen LogP) is 4.78. The number of aromatic nitrogens is 1. The number of carbonyl (C=O) groups excluding carboxylic acids is 1. The fraction of sp³-hybridized carbons (Fsp3) is 0.182. The molecule has 0 amide bonds. The summed E-state index contributed by atoms with van der Waals surface area (Å²) in [6.07, 6.45) is 1.93. The Balaban J connectivity index is 1.69. The molecule has 0 saturated carbocycles. The number of allylic oxidation sites excluding steroid dienone is 1. The Kier molecular flexibility index (Phi) is 5.12. The van der Waals surface area contributed by atoms with Crippen molar-refractivity contribution in [1.29, 1.82) is 0 Å². The van der Waals surface area contributed by atoms with Gasteiger partial charge >= 0.3 is 0 Å². The van der Waals surface area contributed by atoms with Crippen LogP contribution in [0.15, 0.2) is 65.9 Å². The molecule has 2 aromatic carbocycles. The third-order valence-electron chi connectivity index (χ3n) is 4.58. The molecule has 1 aliphatic heterocycles. The Morgan fingerprint density at radius 1 is 1.18 bits per heavy atom. The van der Waals surface area contributed by atoms with Crippen molar-refractivity contribution in [3.8, 4) is 11.5 Å². The first-order chi connectivity index (χ1) is 13.7. The molecule has 1 aromatic heterocycles. The highest BCUT2D eigenvalue weighted by Crippen LogP contribution is 2.39. The van der Waals surface area contributed by atoms with E-state index in [1.807, 2.05) is 60.8 Å². The molecule has 142 valence electrons. The molecular formula is C22H19NO4S. The third-order valence-corrected chi connectivity index (χ3v) is 5.37. The number of nitrogens with zero attached hydrogens (tertiary/aromatic N) is 1. The van der Waals surface area contributed by atoms with Gasteiger partial charge in [-0.05, 0) is 30.7 Å². The fourth-order valence-electron chi connectivity index (χ4n) is 3.15. The largest absolute Gasteiger partial charge is 0.497 e. The van der Waals surface area contributed by atoms with Crippen molar-refractivity contribution in [2.24, 2.45) is 0 Å². The molecule has 0 bridgehead atoms. The highest BCUT2D eigenvalue weighted by atomic mass is 32.1. The van der Waals surface area contributed by atoms with Crippen LogP contribution in [0.2, 0.25) is 0 Å². The maximum Gasteiger partial charge on any atom is 0.166 e. The number of hydrogen-bond donors (Lipinski definition) is 0. The van der Waals surface area contributed by atoms with E-state index in [2.05, 4.69) is 4.98 Å². The van der Waals surface area contributed by atoms with Crippen LogP contribution < -0.4 is 9.47 Å². The standard InChI is InChI=1S/C22H19NO4S/c1-14-23-19(13-28-14)22(15-7-9-16(25-2)10-8-15)27-21-12-26-20-6-4-3-5-17(20)18(21)11-24/h3-13,18,22H,1-2H3. The summed E-state index contributed by atoms with van der Waals surface area (Å²) < 4.78 is 17.3. The van der Waals surface area contributed by atoms with Gasteiger partial charge in [0.2, 0.25) is 0 Å². The van der Waals surface area contributed by atoms with E-state index in [4.69, 9.17) is 14.2 Å². The molecule has 4 rings (SSSR count). The van der Waals surface area contributed by atoms with Gasteiger partial charge < -0.3 is 19.0 Å². The van der Waals surface area contributed by atoms with E-state index in [0.717, 1.165) is 33.9 Å². The van der Waals surface area contributed by atoms with Gasteiger partial charge in [0.1, 0.15) is 35.7 Å². The van der Waals surface area contributed by atoms with Gasteiger partial charge in [-0.1, -0.05) is 30.3 Å². The Morgan fingerprint density at radius 3 is 2.64 bits per heavy atom. The van der Waals surface area contributed by atoms with Crippen LogP contribution in [0.25, 0.3) is 0 Å². The van der Waals surface area contributed by atoms with Crippen molar-refractivity contribution < 1.29 is 19.0 Å². The number of fused-ring (bicyclic) bond motifs is 1. The molecule has 0 saturated heterocycles. The van der Waals surface area contributed by atoms with Crippen molar-refractivity contribution >= 4 is 17.6 Å². The maximum atomic E-state index is 11.9. The van der Waals surface area contributed by atoms with Gasteiger partial charge in [-0.15, -0.1) is 11.3 Å². The number of ether oxygens (including phenoxy) is 3. The SMILES string of the molecule is COc1ccc(C(OC2=COc3ccccc3C2C=O)c2csc(C)n2)cc1. The molecule has 0 fully saturated rings. The number of thiazole rings is 1. The molecule has 2 atom stereocenters. The molecule has 2 heterocycles.